The second-order valence-electron chi connectivity index (χ2n) is 4.76. The van der Waals surface area contributed by atoms with Crippen molar-refractivity contribution in [1.82, 2.24) is 0 Å². The quantitative estimate of drug-likeness (QED) is 0.769. The highest BCUT2D eigenvalue weighted by atomic mass is 35.5. The van der Waals surface area contributed by atoms with Gasteiger partial charge in [-0.05, 0) is 36.3 Å². The summed E-state index contributed by atoms with van der Waals surface area (Å²) in [7, 11) is 0. The normalized spacial score (nSPS) is 13.0. The predicted octanol–water partition coefficient (Wildman–Crippen LogP) is 4.32. The Morgan fingerprint density at radius 3 is 2.29 bits per heavy atom. The van der Waals surface area contributed by atoms with E-state index in [0.717, 1.165) is 29.3 Å². The SMILES string of the molecule is CCC(CC)CC(CO)Cc1ccccc1Cl. The maximum absolute atomic E-state index is 9.48. The third kappa shape index (κ3) is 4.69. The molecule has 0 aromatic heterocycles. The van der Waals surface area contributed by atoms with Crippen LogP contribution in [-0.4, -0.2) is 11.7 Å². The molecule has 0 amide bonds. The minimum absolute atomic E-state index is 0.252. The van der Waals surface area contributed by atoms with Crippen molar-refractivity contribution >= 4 is 11.6 Å². The van der Waals surface area contributed by atoms with Gasteiger partial charge in [-0.15, -0.1) is 0 Å². The highest BCUT2D eigenvalue weighted by Crippen LogP contribution is 2.25. The molecule has 1 nitrogen and oxygen atoms in total. The standard InChI is InChI=1S/C15H23ClO/c1-3-12(4-2)9-13(11-17)10-14-7-5-6-8-15(14)16/h5-8,12-13,17H,3-4,9-11H2,1-2H3. The van der Waals surface area contributed by atoms with Crippen molar-refractivity contribution in [2.75, 3.05) is 6.61 Å². The monoisotopic (exact) mass is 254 g/mol. The van der Waals surface area contributed by atoms with E-state index in [2.05, 4.69) is 19.9 Å². The minimum Gasteiger partial charge on any atom is -0.396 e. The highest BCUT2D eigenvalue weighted by Gasteiger charge is 2.15. The first-order valence-electron chi connectivity index (χ1n) is 6.55. The van der Waals surface area contributed by atoms with E-state index in [9.17, 15) is 5.11 Å². The van der Waals surface area contributed by atoms with E-state index < -0.39 is 0 Å². The number of aliphatic hydroxyl groups excluding tert-OH is 1. The van der Waals surface area contributed by atoms with Crippen LogP contribution in [0.1, 0.15) is 38.7 Å². The third-order valence-corrected chi connectivity index (χ3v) is 3.91. The average Bonchev–Trinajstić information content (AvgIpc) is 2.36. The summed E-state index contributed by atoms with van der Waals surface area (Å²) in [5.41, 5.74) is 1.15. The fourth-order valence-electron chi connectivity index (χ4n) is 2.29. The molecule has 1 N–H and O–H groups in total. The van der Waals surface area contributed by atoms with Crippen molar-refractivity contribution in [1.29, 1.82) is 0 Å². The van der Waals surface area contributed by atoms with Gasteiger partial charge in [0.15, 0.2) is 0 Å². The lowest BCUT2D eigenvalue weighted by molar-refractivity contribution is 0.196. The molecule has 0 aliphatic carbocycles. The van der Waals surface area contributed by atoms with Crippen molar-refractivity contribution in [3.05, 3.63) is 34.9 Å². The molecule has 0 aliphatic heterocycles. The van der Waals surface area contributed by atoms with E-state index in [4.69, 9.17) is 11.6 Å². The average molecular weight is 255 g/mol. The van der Waals surface area contributed by atoms with Gasteiger partial charge in [0.2, 0.25) is 0 Å². The Balaban J connectivity index is 2.61. The van der Waals surface area contributed by atoms with Gasteiger partial charge >= 0.3 is 0 Å². The molecule has 1 aromatic carbocycles. The van der Waals surface area contributed by atoms with Gasteiger partial charge in [-0.1, -0.05) is 56.5 Å². The molecule has 17 heavy (non-hydrogen) atoms. The van der Waals surface area contributed by atoms with Crippen LogP contribution in [0.2, 0.25) is 5.02 Å². The number of hydrogen-bond donors (Lipinski definition) is 1. The zero-order chi connectivity index (χ0) is 12.7. The summed E-state index contributed by atoms with van der Waals surface area (Å²) < 4.78 is 0. The first-order chi connectivity index (χ1) is 8.21. The van der Waals surface area contributed by atoms with E-state index in [1.54, 1.807) is 0 Å². The molecule has 1 aromatic rings. The molecule has 0 bridgehead atoms. The maximum Gasteiger partial charge on any atom is 0.0462 e. The van der Waals surface area contributed by atoms with E-state index in [1.165, 1.54) is 12.8 Å². The number of hydrogen-bond acceptors (Lipinski definition) is 1. The fourth-order valence-corrected chi connectivity index (χ4v) is 2.50. The van der Waals surface area contributed by atoms with Crippen LogP contribution in [0.5, 0.6) is 0 Å². The maximum atomic E-state index is 9.48. The molecule has 0 radical (unpaired) electrons. The van der Waals surface area contributed by atoms with Crippen LogP contribution < -0.4 is 0 Å². The fraction of sp³-hybridized carbons (Fsp3) is 0.600. The van der Waals surface area contributed by atoms with E-state index in [1.807, 2.05) is 18.2 Å². The Morgan fingerprint density at radius 1 is 1.12 bits per heavy atom. The van der Waals surface area contributed by atoms with Crippen LogP contribution >= 0.6 is 11.6 Å². The summed E-state index contributed by atoms with van der Waals surface area (Å²) in [6.07, 6.45) is 4.35. The number of benzene rings is 1. The zero-order valence-corrected chi connectivity index (χ0v) is 11.6. The summed E-state index contributed by atoms with van der Waals surface area (Å²) in [6, 6.07) is 7.92. The van der Waals surface area contributed by atoms with Gasteiger partial charge in [0.05, 0.1) is 0 Å². The van der Waals surface area contributed by atoms with Crippen LogP contribution in [-0.2, 0) is 6.42 Å². The van der Waals surface area contributed by atoms with Crippen molar-refractivity contribution < 1.29 is 5.11 Å². The molecule has 0 heterocycles. The first-order valence-corrected chi connectivity index (χ1v) is 6.93. The minimum atomic E-state index is 0.252. The molecule has 96 valence electrons. The number of rotatable bonds is 7. The van der Waals surface area contributed by atoms with Gasteiger partial charge in [0.1, 0.15) is 0 Å². The molecule has 0 spiro atoms. The Hall–Kier alpha value is -0.530. The third-order valence-electron chi connectivity index (χ3n) is 3.55. The molecule has 0 saturated heterocycles. The molecule has 0 fully saturated rings. The van der Waals surface area contributed by atoms with Gasteiger partial charge in [-0.2, -0.15) is 0 Å². The van der Waals surface area contributed by atoms with E-state index in [-0.39, 0.29) is 6.61 Å². The summed E-state index contributed by atoms with van der Waals surface area (Å²) in [6.45, 7) is 4.69. The summed E-state index contributed by atoms with van der Waals surface area (Å²) in [5.74, 6) is 1.05. The smallest absolute Gasteiger partial charge is 0.0462 e. The largest absolute Gasteiger partial charge is 0.396 e. The van der Waals surface area contributed by atoms with Gasteiger partial charge in [0.25, 0.3) is 0 Å². The Morgan fingerprint density at radius 2 is 1.76 bits per heavy atom. The van der Waals surface area contributed by atoms with Crippen LogP contribution in [0, 0.1) is 11.8 Å². The summed E-state index contributed by atoms with van der Waals surface area (Å²) >= 11 is 6.15. The number of aliphatic hydroxyl groups is 1. The van der Waals surface area contributed by atoms with Gasteiger partial charge < -0.3 is 5.11 Å². The lowest BCUT2D eigenvalue weighted by Crippen LogP contribution is -2.14. The molecule has 2 heteroatoms. The zero-order valence-electron chi connectivity index (χ0n) is 10.8. The van der Waals surface area contributed by atoms with Crippen molar-refractivity contribution in [3.8, 4) is 0 Å². The molecule has 0 saturated carbocycles. The van der Waals surface area contributed by atoms with Crippen LogP contribution in [0.4, 0.5) is 0 Å². The van der Waals surface area contributed by atoms with Gasteiger partial charge in [0, 0.05) is 11.6 Å². The Labute approximate surface area is 110 Å². The lowest BCUT2D eigenvalue weighted by atomic mass is 9.87. The molecule has 1 rings (SSSR count). The first kappa shape index (κ1) is 14.5. The van der Waals surface area contributed by atoms with Crippen molar-refractivity contribution in [2.24, 2.45) is 11.8 Å². The van der Waals surface area contributed by atoms with Crippen LogP contribution in [0.3, 0.4) is 0 Å². The second kappa shape index (κ2) is 7.73. The van der Waals surface area contributed by atoms with E-state index >= 15 is 0 Å². The Kier molecular flexibility index (Phi) is 6.61. The van der Waals surface area contributed by atoms with E-state index in [0.29, 0.717) is 5.92 Å². The second-order valence-corrected chi connectivity index (χ2v) is 5.17. The molecule has 0 aliphatic rings. The summed E-state index contributed by atoms with van der Waals surface area (Å²) in [5, 5.41) is 10.3. The predicted molar refractivity (Wildman–Crippen MR) is 74.4 cm³/mol. The van der Waals surface area contributed by atoms with Crippen LogP contribution in [0.15, 0.2) is 24.3 Å². The Bertz CT molecular complexity index is 320. The summed E-state index contributed by atoms with van der Waals surface area (Å²) in [4.78, 5) is 0. The highest BCUT2D eigenvalue weighted by molar-refractivity contribution is 6.31. The molecular formula is C15H23ClO. The van der Waals surface area contributed by atoms with Crippen molar-refractivity contribution in [2.45, 2.75) is 39.5 Å². The number of halogens is 1. The lowest BCUT2D eigenvalue weighted by Gasteiger charge is -2.20. The van der Waals surface area contributed by atoms with Crippen LogP contribution in [0.25, 0.3) is 0 Å². The topological polar surface area (TPSA) is 20.2 Å². The molecule has 1 atom stereocenters. The van der Waals surface area contributed by atoms with Gasteiger partial charge in [-0.25, -0.2) is 0 Å². The molecule has 1 unspecified atom stereocenters. The molecular weight excluding hydrogens is 232 g/mol. The van der Waals surface area contributed by atoms with Gasteiger partial charge in [-0.3, -0.25) is 0 Å². The van der Waals surface area contributed by atoms with Crippen molar-refractivity contribution in [3.63, 3.8) is 0 Å².